The fourth-order valence-electron chi connectivity index (χ4n) is 3.91. The number of hydrogen-bond donors (Lipinski definition) is 0. The SMILES string of the molecule is CCCCCCCCCCCOC(=O)C1CCC(C(=O)OCCCCC)CC1. The highest BCUT2D eigenvalue weighted by Crippen LogP contribution is 2.30. The average molecular weight is 397 g/mol. The minimum absolute atomic E-state index is 0.0250. The zero-order valence-electron chi connectivity index (χ0n) is 18.5. The maximum absolute atomic E-state index is 12.2. The lowest BCUT2D eigenvalue weighted by Gasteiger charge is -2.26. The molecule has 1 fully saturated rings. The number of ether oxygens (including phenoxy) is 2. The lowest BCUT2D eigenvalue weighted by Crippen LogP contribution is -2.28. The Morgan fingerprint density at radius 1 is 0.571 bits per heavy atom. The molecule has 0 unspecified atom stereocenters. The van der Waals surface area contributed by atoms with Gasteiger partial charge in [0.15, 0.2) is 0 Å². The van der Waals surface area contributed by atoms with Gasteiger partial charge in [0.2, 0.25) is 0 Å². The van der Waals surface area contributed by atoms with Crippen LogP contribution in [0.25, 0.3) is 0 Å². The molecule has 0 aromatic heterocycles. The first kappa shape index (κ1) is 25.0. The van der Waals surface area contributed by atoms with E-state index in [4.69, 9.17) is 9.47 Å². The second kappa shape index (κ2) is 16.9. The largest absolute Gasteiger partial charge is 0.465 e. The standard InChI is InChI=1S/C24H44O4/c1-3-5-7-8-9-10-11-12-14-20-28-24(26)22-17-15-21(16-18-22)23(25)27-19-13-6-4-2/h21-22H,3-20H2,1-2H3. The molecule has 0 bridgehead atoms. The normalized spacial score (nSPS) is 19.4. The van der Waals surface area contributed by atoms with Crippen LogP contribution in [0.4, 0.5) is 0 Å². The van der Waals surface area contributed by atoms with Crippen molar-refractivity contribution in [1.82, 2.24) is 0 Å². The van der Waals surface area contributed by atoms with Gasteiger partial charge in [0, 0.05) is 0 Å². The van der Waals surface area contributed by atoms with Crippen LogP contribution in [0.2, 0.25) is 0 Å². The van der Waals surface area contributed by atoms with Crippen molar-refractivity contribution in [3.8, 4) is 0 Å². The van der Waals surface area contributed by atoms with Crippen LogP contribution in [0, 0.1) is 11.8 Å². The number of carbonyl (C=O) groups excluding carboxylic acids is 2. The fourth-order valence-corrected chi connectivity index (χ4v) is 3.91. The molecule has 1 aliphatic rings. The van der Waals surface area contributed by atoms with Crippen molar-refractivity contribution in [2.24, 2.45) is 11.8 Å². The third kappa shape index (κ3) is 11.7. The molecule has 0 aromatic carbocycles. The van der Waals surface area contributed by atoms with Gasteiger partial charge < -0.3 is 9.47 Å². The maximum atomic E-state index is 12.2. The van der Waals surface area contributed by atoms with Crippen LogP contribution in [0.3, 0.4) is 0 Å². The van der Waals surface area contributed by atoms with Crippen LogP contribution in [0.15, 0.2) is 0 Å². The Labute approximate surface area is 173 Å². The predicted molar refractivity (Wildman–Crippen MR) is 114 cm³/mol. The molecule has 28 heavy (non-hydrogen) atoms. The second-order valence-corrected chi connectivity index (χ2v) is 8.42. The van der Waals surface area contributed by atoms with E-state index in [1.807, 2.05) is 0 Å². The maximum Gasteiger partial charge on any atom is 0.308 e. The van der Waals surface area contributed by atoms with Crippen molar-refractivity contribution in [1.29, 1.82) is 0 Å². The van der Waals surface area contributed by atoms with Gasteiger partial charge in [0.05, 0.1) is 25.0 Å². The van der Waals surface area contributed by atoms with E-state index in [-0.39, 0.29) is 23.8 Å². The molecule has 4 heteroatoms. The topological polar surface area (TPSA) is 52.6 Å². The Hall–Kier alpha value is -1.06. The smallest absolute Gasteiger partial charge is 0.308 e. The fraction of sp³-hybridized carbons (Fsp3) is 0.917. The van der Waals surface area contributed by atoms with Gasteiger partial charge >= 0.3 is 11.9 Å². The van der Waals surface area contributed by atoms with Gasteiger partial charge in [-0.25, -0.2) is 0 Å². The van der Waals surface area contributed by atoms with Crippen molar-refractivity contribution in [2.75, 3.05) is 13.2 Å². The highest BCUT2D eigenvalue weighted by molar-refractivity contribution is 5.75. The van der Waals surface area contributed by atoms with Crippen LogP contribution in [0.1, 0.15) is 117 Å². The third-order valence-electron chi connectivity index (χ3n) is 5.88. The van der Waals surface area contributed by atoms with Crippen LogP contribution in [-0.4, -0.2) is 25.2 Å². The van der Waals surface area contributed by atoms with E-state index < -0.39 is 0 Å². The molecule has 0 N–H and O–H groups in total. The summed E-state index contributed by atoms with van der Waals surface area (Å²) in [5.74, 6) is -0.183. The van der Waals surface area contributed by atoms with E-state index in [0.29, 0.717) is 13.2 Å². The minimum atomic E-state index is -0.0717. The summed E-state index contributed by atoms with van der Waals surface area (Å²) in [6.45, 7) is 5.47. The molecule has 0 radical (unpaired) electrons. The Kier molecular flexibility index (Phi) is 15.0. The van der Waals surface area contributed by atoms with Gasteiger partial charge in [-0.15, -0.1) is 0 Å². The van der Waals surface area contributed by atoms with Crippen LogP contribution >= 0.6 is 0 Å². The molecule has 0 atom stereocenters. The quantitative estimate of drug-likeness (QED) is 0.218. The first-order valence-electron chi connectivity index (χ1n) is 12.0. The van der Waals surface area contributed by atoms with E-state index >= 15 is 0 Å². The lowest BCUT2D eigenvalue weighted by molar-refractivity contribution is -0.155. The van der Waals surface area contributed by atoms with E-state index in [1.165, 1.54) is 44.9 Å². The Bertz CT molecular complexity index is 399. The zero-order chi connectivity index (χ0) is 20.5. The summed E-state index contributed by atoms with van der Waals surface area (Å²) in [4.78, 5) is 24.3. The molecule has 0 aromatic rings. The summed E-state index contributed by atoms with van der Waals surface area (Å²) in [6.07, 6.45) is 17.6. The number of hydrogen-bond acceptors (Lipinski definition) is 4. The van der Waals surface area contributed by atoms with Crippen molar-refractivity contribution < 1.29 is 19.1 Å². The van der Waals surface area contributed by atoms with E-state index in [9.17, 15) is 9.59 Å². The van der Waals surface area contributed by atoms with Gasteiger partial charge in [0.1, 0.15) is 0 Å². The number of rotatable bonds is 16. The molecule has 4 nitrogen and oxygen atoms in total. The number of unbranched alkanes of at least 4 members (excludes halogenated alkanes) is 10. The molecule has 0 saturated heterocycles. The highest BCUT2D eigenvalue weighted by atomic mass is 16.5. The van der Waals surface area contributed by atoms with Crippen molar-refractivity contribution in [2.45, 2.75) is 117 Å². The Morgan fingerprint density at radius 3 is 1.32 bits per heavy atom. The molecule has 1 saturated carbocycles. The van der Waals surface area contributed by atoms with Gasteiger partial charge in [-0.3, -0.25) is 9.59 Å². The van der Waals surface area contributed by atoms with E-state index in [2.05, 4.69) is 13.8 Å². The van der Waals surface area contributed by atoms with Crippen LogP contribution in [-0.2, 0) is 19.1 Å². The molecule has 0 amide bonds. The van der Waals surface area contributed by atoms with Crippen LogP contribution in [0.5, 0.6) is 0 Å². The Balaban J connectivity index is 2.00. The van der Waals surface area contributed by atoms with E-state index in [1.54, 1.807) is 0 Å². The molecule has 1 rings (SSSR count). The molecule has 0 spiro atoms. The summed E-state index contributed by atoms with van der Waals surface area (Å²) >= 11 is 0. The third-order valence-corrected chi connectivity index (χ3v) is 5.88. The van der Waals surface area contributed by atoms with Crippen LogP contribution < -0.4 is 0 Å². The average Bonchev–Trinajstić information content (AvgIpc) is 2.72. The summed E-state index contributed by atoms with van der Waals surface area (Å²) in [7, 11) is 0. The van der Waals surface area contributed by atoms with Gasteiger partial charge in [-0.2, -0.15) is 0 Å². The summed E-state index contributed by atoms with van der Waals surface area (Å²) in [5.41, 5.74) is 0. The summed E-state index contributed by atoms with van der Waals surface area (Å²) < 4.78 is 10.8. The van der Waals surface area contributed by atoms with Crippen molar-refractivity contribution in [3.05, 3.63) is 0 Å². The highest BCUT2D eigenvalue weighted by Gasteiger charge is 2.31. The van der Waals surface area contributed by atoms with Gasteiger partial charge in [-0.05, 0) is 38.5 Å². The molecular weight excluding hydrogens is 352 g/mol. The second-order valence-electron chi connectivity index (χ2n) is 8.42. The summed E-state index contributed by atoms with van der Waals surface area (Å²) in [6, 6.07) is 0. The zero-order valence-corrected chi connectivity index (χ0v) is 18.5. The monoisotopic (exact) mass is 396 g/mol. The Morgan fingerprint density at radius 2 is 0.893 bits per heavy atom. The molecule has 1 aliphatic carbocycles. The summed E-state index contributed by atoms with van der Waals surface area (Å²) in [5, 5.41) is 0. The molecule has 164 valence electrons. The predicted octanol–water partition coefficient (Wildman–Crippen LogP) is 6.60. The van der Waals surface area contributed by atoms with Gasteiger partial charge in [-0.1, -0.05) is 78.1 Å². The van der Waals surface area contributed by atoms with Crippen molar-refractivity contribution in [3.63, 3.8) is 0 Å². The van der Waals surface area contributed by atoms with Gasteiger partial charge in [0.25, 0.3) is 0 Å². The molecular formula is C24H44O4. The lowest BCUT2D eigenvalue weighted by atomic mass is 9.82. The van der Waals surface area contributed by atoms with E-state index in [0.717, 1.165) is 57.8 Å². The first-order chi connectivity index (χ1) is 13.7. The number of carbonyl (C=O) groups is 2. The van der Waals surface area contributed by atoms with Crippen molar-refractivity contribution >= 4 is 11.9 Å². The molecule has 0 aliphatic heterocycles. The first-order valence-corrected chi connectivity index (χ1v) is 12.0. The number of esters is 2. The molecule has 0 heterocycles. The minimum Gasteiger partial charge on any atom is -0.465 e.